The minimum Gasteiger partial charge on any atom is -0.322 e. The fourth-order valence-electron chi connectivity index (χ4n) is 2.66. The van der Waals surface area contributed by atoms with E-state index in [1.165, 1.54) is 0 Å². The van der Waals surface area contributed by atoms with Crippen LogP contribution in [0.25, 0.3) is 10.8 Å². The van der Waals surface area contributed by atoms with Crippen LogP contribution in [-0.2, 0) is 10.0 Å². The highest BCUT2D eigenvalue weighted by atomic mass is 32.2. The van der Waals surface area contributed by atoms with Crippen molar-refractivity contribution in [1.29, 1.82) is 0 Å². The summed E-state index contributed by atoms with van der Waals surface area (Å²) in [5.74, 6) is -0.287. The van der Waals surface area contributed by atoms with E-state index in [-0.39, 0.29) is 5.91 Å². The number of rotatable bonds is 4. The van der Waals surface area contributed by atoms with Crippen LogP contribution in [-0.4, -0.2) is 20.6 Å². The van der Waals surface area contributed by atoms with Crippen molar-refractivity contribution in [2.75, 3.05) is 16.3 Å². The standard InChI is InChI=1S/C19H18N2O3S/c1-13-17(8-5-9-18(13)21-25(2,23)24)19(22)20-16-11-10-14-6-3-4-7-15(14)12-16/h3-12,21H,1-2H3,(H,20,22). The van der Waals surface area contributed by atoms with Crippen LogP contribution in [0.1, 0.15) is 15.9 Å². The van der Waals surface area contributed by atoms with Crippen molar-refractivity contribution in [1.82, 2.24) is 0 Å². The van der Waals surface area contributed by atoms with Crippen molar-refractivity contribution in [2.24, 2.45) is 0 Å². The van der Waals surface area contributed by atoms with Crippen LogP contribution in [0.3, 0.4) is 0 Å². The molecule has 0 heterocycles. The SMILES string of the molecule is Cc1c(NS(C)(=O)=O)cccc1C(=O)Nc1ccc2ccccc2c1. The molecule has 0 saturated heterocycles. The fraction of sp³-hybridized carbons (Fsp3) is 0.105. The summed E-state index contributed by atoms with van der Waals surface area (Å²) in [5, 5.41) is 4.99. The molecule has 0 unspecified atom stereocenters. The van der Waals surface area contributed by atoms with Crippen molar-refractivity contribution >= 4 is 38.1 Å². The summed E-state index contributed by atoms with van der Waals surface area (Å²) >= 11 is 0. The zero-order valence-corrected chi connectivity index (χ0v) is 14.7. The zero-order chi connectivity index (χ0) is 18.0. The van der Waals surface area contributed by atoms with Crippen LogP contribution < -0.4 is 10.0 Å². The number of amides is 1. The van der Waals surface area contributed by atoms with Gasteiger partial charge in [-0.15, -0.1) is 0 Å². The molecule has 0 aliphatic heterocycles. The van der Waals surface area contributed by atoms with Gasteiger partial charge in [-0.2, -0.15) is 0 Å². The minimum atomic E-state index is -3.41. The molecular formula is C19H18N2O3S. The van der Waals surface area contributed by atoms with Crippen LogP contribution >= 0.6 is 0 Å². The van der Waals surface area contributed by atoms with Gasteiger partial charge in [-0.05, 0) is 47.5 Å². The Bertz CT molecular complexity index is 1060. The van der Waals surface area contributed by atoms with Gasteiger partial charge < -0.3 is 5.32 Å². The zero-order valence-electron chi connectivity index (χ0n) is 13.9. The Morgan fingerprint density at radius 2 is 1.64 bits per heavy atom. The van der Waals surface area contributed by atoms with Crippen LogP contribution in [0.4, 0.5) is 11.4 Å². The van der Waals surface area contributed by atoms with Gasteiger partial charge in [-0.3, -0.25) is 9.52 Å². The number of sulfonamides is 1. The average Bonchev–Trinajstić information content (AvgIpc) is 2.55. The highest BCUT2D eigenvalue weighted by Crippen LogP contribution is 2.23. The van der Waals surface area contributed by atoms with Crippen LogP contribution in [0.2, 0.25) is 0 Å². The van der Waals surface area contributed by atoms with Gasteiger partial charge in [0, 0.05) is 11.3 Å². The molecule has 6 heteroatoms. The lowest BCUT2D eigenvalue weighted by molar-refractivity contribution is 0.102. The number of fused-ring (bicyclic) bond motifs is 1. The topological polar surface area (TPSA) is 75.3 Å². The highest BCUT2D eigenvalue weighted by Gasteiger charge is 2.14. The van der Waals surface area contributed by atoms with Crippen LogP contribution in [0, 0.1) is 6.92 Å². The molecule has 3 aromatic carbocycles. The Balaban J connectivity index is 1.88. The molecule has 0 fully saturated rings. The third-order valence-corrected chi connectivity index (χ3v) is 4.47. The Hall–Kier alpha value is -2.86. The molecule has 0 atom stereocenters. The molecule has 25 heavy (non-hydrogen) atoms. The lowest BCUT2D eigenvalue weighted by Crippen LogP contribution is -2.16. The van der Waals surface area contributed by atoms with Crippen molar-refractivity contribution in [3.63, 3.8) is 0 Å². The second-order valence-corrected chi connectivity index (χ2v) is 7.62. The Morgan fingerprint density at radius 1 is 0.920 bits per heavy atom. The molecular weight excluding hydrogens is 336 g/mol. The van der Waals surface area contributed by atoms with E-state index in [1.807, 2.05) is 42.5 Å². The Labute approximate surface area is 146 Å². The van der Waals surface area contributed by atoms with E-state index in [4.69, 9.17) is 0 Å². The molecule has 0 aliphatic carbocycles. The summed E-state index contributed by atoms with van der Waals surface area (Å²) in [6.07, 6.45) is 1.08. The van der Waals surface area contributed by atoms with E-state index in [0.717, 1.165) is 17.0 Å². The molecule has 5 nitrogen and oxygen atoms in total. The molecule has 0 radical (unpaired) electrons. The van der Waals surface area contributed by atoms with Gasteiger partial charge >= 0.3 is 0 Å². The number of carbonyl (C=O) groups is 1. The molecule has 128 valence electrons. The maximum absolute atomic E-state index is 12.6. The number of carbonyl (C=O) groups excluding carboxylic acids is 1. The van der Waals surface area contributed by atoms with Gasteiger partial charge in [0.25, 0.3) is 5.91 Å². The highest BCUT2D eigenvalue weighted by molar-refractivity contribution is 7.92. The van der Waals surface area contributed by atoms with Gasteiger partial charge in [0.2, 0.25) is 10.0 Å². The van der Waals surface area contributed by atoms with E-state index < -0.39 is 10.0 Å². The first kappa shape index (κ1) is 17.0. The third-order valence-electron chi connectivity index (χ3n) is 3.88. The summed E-state index contributed by atoms with van der Waals surface area (Å²) in [7, 11) is -3.41. The normalized spacial score (nSPS) is 11.3. The maximum Gasteiger partial charge on any atom is 0.256 e. The monoisotopic (exact) mass is 354 g/mol. The predicted molar refractivity (Wildman–Crippen MR) is 102 cm³/mol. The molecule has 0 spiro atoms. The first-order valence-corrected chi connectivity index (χ1v) is 9.60. The summed E-state index contributed by atoms with van der Waals surface area (Å²) in [4.78, 5) is 12.6. The van der Waals surface area contributed by atoms with E-state index in [9.17, 15) is 13.2 Å². The lowest BCUT2D eigenvalue weighted by atomic mass is 10.1. The average molecular weight is 354 g/mol. The second-order valence-electron chi connectivity index (χ2n) is 5.87. The lowest BCUT2D eigenvalue weighted by Gasteiger charge is -2.12. The largest absolute Gasteiger partial charge is 0.322 e. The van der Waals surface area contributed by atoms with Crippen LogP contribution in [0.5, 0.6) is 0 Å². The molecule has 1 amide bonds. The number of anilines is 2. The second kappa shape index (κ2) is 6.57. The molecule has 0 saturated carbocycles. The van der Waals surface area contributed by atoms with Gasteiger partial charge in [0.15, 0.2) is 0 Å². The quantitative estimate of drug-likeness (QED) is 0.749. The number of hydrogen-bond acceptors (Lipinski definition) is 3. The van der Waals surface area contributed by atoms with E-state index in [1.54, 1.807) is 25.1 Å². The number of hydrogen-bond donors (Lipinski definition) is 2. The fourth-order valence-corrected chi connectivity index (χ4v) is 3.28. The van der Waals surface area contributed by atoms with Crippen molar-refractivity contribution < 1.29 is 13.2 Å². The van der Waals surface area contributed by atoms with Gasteiger partial charge in [0.05, 0.1) is 11.9 Å². The molecule has 0 aromatic heterocycles. The van der Waals surface area contributed by atoms with Crippen molar-refractivity contribution in [3.05, 3.63) is 71.8 Å². The summed E-state index contributed by atoms with van der Waals surface area (Å²) in [6, 6.07) is 18.5. The summed E-state index contributed by atoms with van der Waals surface area (Å²) in [5.41, 5.74) is 2.08. The predicted octanol–water partition coefficient (Wildman–Crippen LogP) is 3.77. The Kier molecular flexibility index (Phi) is 4.46. The van der Waals surface area contributed by atoms with E-state index >= 15 is 0 Å². The molecule has 3 rings (SSSR count). The summed E-state index contributed by atoms with van der Waals surface area (Å²) < 4.78 is 25.3. The Morgan fingerprint density at radius 3 is 2.36 bits per heavy atom. The smallest absolute Gasteiger partial charge is 0.256 e. The van der Waals surface area contributed by atoms with E-state index in [2.05, 4.69) is 10.0 Å². The molecule has 2 N–H and O–H groups in total. The minimum absolute atomic E-state index is 0.287. The summed E-state index contributed by atoms with van der Waals surface area (Å²) in [6.45, 7) is 1.71. The van der Waals surface area contributed by atoms with Crippen molar-refractivity contribution in [2.45, 2.75) is 6.92 Å². The van der Waals surface area contributed by atoms with Gasteiger partial charge in [-0.25, -0.2) is 8.42 Å². The maximum atomic E-state index is 12.6. The van der Waals surface area contributed by atoms with Gasteiger partial charge in [0.1, 0.15) is 0 Å². The van der Waals surface area contributed by atoms with Crippen LogP contribution in [0.15, 0.2) is 60.7 Å². The third kappa shape index (κ3) is 3.97. The number of nitrogens with one attached hydrogen (secondary N) is 2. The number of benzene rings is 3. The van der Waals surface area contributed by atoms with Crippen molar-refractivity contribution in [3.8, 4) is 0 Å². The van der Waals surface area contributed by atoms with Gasteiger partial charge in [-0.1, -0.05) is 36.4 Å². The molecule has 3 aromatic rings. The van der Waals surface area contributed by atoms with E-state index in [0.29, 0.717) is 22.5 Å². The molecule has 0 aliphatic rings. The first-order chi connectivity index (χ1) is 11.8. The molecule has 0 bridgehead atoms. The first-order valence-electron chi connectivity index (χ1n) is 7.71.